The Morgan fingerprint density at radius 2 is 1.05 bits per heavy atom. The number of rotatable bonds is 26. The lowest BCUT2D eigenvalue weighted by molar-refractivity contribution is -0.145. The van der Waals surface area contributed by atoms with Crippen LogP contribution in [-0.4, -0.2) is 125 Å². The fourth-order valence-electron chi connectivity index (χ4n) is 5.76. The maximum absolute atomic E-state index is 13.0. The van der Waals surface area contributed by atoms with Gasteiger partial charge in [0.1, 0.15) is 5.75 Å². The van der Waals surface area contributed by atoms with E-state index >= 15 is 0 Å². The molecule has 0 saturated heterocycles. The van der Waals surface area contributed by atoms with Crippen LogP contribution in [0.1, 0.15) is 111 Å². The van der Waals surface area contributed by atoms with Gasteiger partial charge in [0.2, 0.25) is 5.91 Å². The molecular formula is C41H59I6N3O12. The Morgan fingerprint density at radius 3 is 1.42 bits per heavy atom. The molecule has 0 aliphatic heterocycles. The second-order valence-corrected chi connectivity index (χ2v) is 20.5. The van der Waals surface area contributed by atoms with Gasteiger partial charge in [0.15, 0.2) is 6.61 Å². The lowest BCUT2D eigenvalue weighted by Crippen LogP contribution is -2.41. The van der Waals surface area contributed by atoms with Gasteiger partial charge in [-0.1, -0.05) is 52.4 Å². The van der Waals surface area contributed by atoms with E-state index in [1.165, 1.54) is 73.0 Å². The molecule has 0 bridgehead atoms. The van der Waals surface area contributed by atoms with Gasteiger partial charge in [-0.05, 0) is 179 Å². The molecule has 0 aliphatic carbocycles. The zero-order chi connectivity index (χ0) is 47.1. The first-order valence-corrected chi connectivity index (χ1v) is 26.7. The molecule has 0 aromatic heterocycles. The van der Waals surface area contributed by atoms with Crippen LogP contribution in [0.5, 0.6) is 5.75 Å². The number of benzene rings is 2. The molecule has 62 heavy (non-hydrogen) atoms. The van der Waals surface area contributed by atoms with Crippen molar-refractivity contribution < 1.29 is 59.3 Å². The molecule has 8 N–H and O–H groups in total. The summed E-state index contributed by atoms with van der Waals surface area (Å²) in [7, 11) is 0. The first-order valence-electron chi connectivity index (χ1n) is 20.3. The van der Waals surface area contributed by atoms with Crippen molar-refractivity contribution in [3.05, 3.63) is 43.7 Å². The molecule has 3 atom stereocenters. The largest absolute Gasteiger partial charge is 0.480 e. The van der Waals surface area contributed by atoms with Crippen LogP contribution < -0.4 is 20.3 Å². The molecule has 3 unspecified atom stereocenters. The maximum atomic E-state index is 13.0. The third-order valence-corrected chi connectivity index (χ3v) is 15.8. The standard InChI is InChI=1S/C22H33I3O3.C19H26I3N3O9/c1-4-7-9-11-13-16-19(23)17(14-12-10-8-5-2)21(25)22(20(16)24)28-15-18(26)27-6-3;1-8(29)25(4-11(32)7-28)17-15(21)12(18(33)23-2-9(30)5-26)14(20)13(16(17)22)19(34)24-3-10(31)6-27/h4-15H2,1-3H3;9-11,26-28,30-32H,2-7H2,1H3,(H,23,33)(H,24,34). The second-order valence-electron chi connectivity index (χ2n) is 14.0. The minimum atomic E-state index is -1.29. The van der Waals surface area contributed by atoms with Gasteiger partial charge in [0.05, 0.1) is 82.4 Å². The zero-order valence-electron chi connectivity index (χ0n) is 35.3. The van der Waals surface area contributed by atoms with Crippen LogP contribution in [0.2, 0.25) is 0 Å². The molecule has 0 spiro atoms. The topological polar surface area (TPSA) is 235 Å². The van der Waals surface area contributed by atoms with Crippen LogP contribution in [0, 0.1) is 21.4 Å². The number of nitrogens with one attached hydrogen (secondary N) is 2. The molecular weight excluding hydrogens is 1490 g/mol. The van der Waals surface area contributed by atoms with E-state index in [4.69, 9.17) is 19.7 Å². The number of unbranched alkanes of at least 4 members (excludes halogenated alkanes) is 6. The highest BCUT2D eigenvalue weighted by Gasteiger charge is 2.32. The molecule has 15 nitrogen and oxygen atoms in total. The van der Waals surface area contributed by atoms with Crippen molar-refractivity contribution in [2.45, 2.75) is 110 Å². The highest BCUT2D eigenvalue weighted by Crippen LogP contribution is 2.40. The number of amides is 3. The summed E-state index contributed by atoms with van der Waals surface area (Å²) in [4.78, 5) is 51.4. The van der Waals surface area contributed by atoms with Crippen LogP contribution in [0.15, 0.2) is 0 Å². The number of carbonyl (C=O) groups is 4. The van der Waals surface area contributed by atoms with Crippen LogP contribution in [0.4, 0.5) is 5.69 Å². The zero-order valence-corrected chi connectivity index (χ0v) is 48.3. The van der Waals surface area contributed by atoms with E-state index in [1.807, 2.05) is 52.1 Å². The SMILES string of the molecule is CC(=O)N(CC(O)CO)c1c(I)c(C(=O)NCC(O)CO)c(I)c(C(=O)NCC(O)CO)c1I.CCCCCCc1c(I)c(CCCCCC)c(I)c(OCC(=O)OCC)c1I. The lowest BCUT2D eigenvalue weighted by Gasteiger charge is -2.28. The summed E-state index contributed by atoms with van der Waals surface area (Å²) in [5, 5.41) is 61.3. The molecule has 0 fully saturated rings. The lowest BCUT2D eigenvalue weighted by atomic mass is 10.00. The third-order valence-electron chi connectivity index (χ3n) is 9.08. The number of esters is 1. The highest BCUT2D eigenvalue weighted by atomic mass is 127. The number of aliphatic hydroxyl groups excluding tert-OH is 6. The highest BCUT2D eigenvalue weighted by molar-refractivity contribution is 14.1. The van der Waals surface area contributed by atoms with Crippen molar-refractivity contribution in [2.75, 3.05) is 57.6 Å². The average molecular weight is 1550 g/mol. The Labute approximate surface area is 446 Å². The minimum absolute atomic E-state index is 0.0133. The van der Waals surface area contributed by atoms with Crippen molar-refractivity contribution in [3.63, 3.8) is 0 Å². The molecule has 0 saturated carbocycles. The Balaban J connectivity index is 0.000000632. The van der Waals surface area contributed by atoms with E-state index in [2.05, 4.69) is 92.3 Å². The summed E-state index contributed by atoms with van der Waals surface area (Å²) >= 11 is 12.8. The monoisotopic (exact) mass is 1550 g/mol. The predicted octanol–water partition coefficient (Wildman–Crippen LogP) is 6.06. The van der Waals surface area contributed by atoms with Gasteiger partial charge in [0.25, 0.3) is 11.8 Å². The number of nitrogens with zero attached hydrogens (tertiary/aromatic N) is 1. The minimum Gasteiger partial charge on any atom is -0.480 e. The molecule has 0 heterocycles. The molecule has 21 heteroatoms. The number of anilines is 1. The van der Waals surface area contributed by atoms with Gasteiger partial charge >= 0.3 is 5.97 Å². The van der Waals surface area contributed by atoms with Gasteiger partial charge in [-0.2, -0.15) is 0 Å². The van der Waals surface area contributed by atoms with Gasteiger partial charge in [-0.25, -0.2) is 4.79 Å². The fraction of sp³-hybridized carbons (Fsp3) is 0.610. The van der Waals surface area contributed by atoms with Crippen molar-refractivity contribution in [1.82, 2.24) is 10.6 Å². The molecule has 0 radical (unpaired) electrons. The summed E-state index contributed by atoms with van der Waals surface area (Å²) in [5.41, 5.74) is 2.96. The Bertz CT molecular complexity index is 1680. The number of hydrogen-bond donors (Lipinski definition) is 8. The summed E-state index contributed by atoms with van der Waals surface area (Å²) < 4.78 is 15.5. The van der Waals surface area contributed by atoms with Crippen LogP contribution in [0.25, 0.3) is 0 Å². The first-order chi connectivity index (χ1) is 29.4. The second kappa shape index (κ2) is 32.9. The van der Waals surface area contributed by atoms with Crippen molar-refractivity contribution in [1.29, 1.82) is 0 Å². The van der Waals surface area contributed by atoms with E-state index in [0.717, 1.165) is 30.6 Å². The van der Waals surface area contributed by atoms with Crippen molar-refractivity contribution in [3.8, 4) is 5.75 Å². The molecule has 2 rings (SSSR count). The fourth-order valence-corrected chi connectivity index (χ4v) is 15.0. The smallest absolute Gasteiger partial charge is 0.344 e. The summed E-state index contributed by atoms with van der Waals surface area (Å²) in [6, 6.07) is 0. The summed E-state index contributed by atoms with van der Waals surface area (Å²) in [5.74, 6) is -1.33. The Hall–Kier alpha value is 0.260. The molecule has 2 aromatic carbocycles. The van der Waals surface area contributed by atoms with E-state index in [9.17, 15) is 39.6 Å². The number of carbonyl (C=O) groups excluding carboxylic acids is 4. The van der Waals surface area contributed by atoms with Gasteiger partial charge in [0, 0.05) is 27.2 Å². The summed E-state index contributed by atoms with van der Waals surface area (Å²) in [6.07, 6.45) is 8.44. The van der Waals surface area contributed by atoms with Crippen molar-refractivity contribution >= 4 is 165 Å². The number of ether oxygens (including phenoxy) is 2. The van der Waals surface area contributed by atoms with E-state index in [1.54, 1.807) is 22.6 Å². The molecule has 3 amide bonds. The predicted molar refractivity (Wildman–Crippen MR) is 289 cm³/mol. The van der Waals surface area contributed by atoms with Gasteiger partial charge in [-0.3, -0.25) is 14.4 Å². The Kier molecular flexibility index (Phi) is 32.0. The third kappa shape index (κ3) is 19.5. The molecule has 0 aliphatic rings. The molecule has 2 aromatic rings. The summed E-state index contributed by atoms with van der Waals surface area (Å²) in [6.45, 7) is 5.25. The molecule has 352 valence electrons. The van der Waals surface area contributed by atoms with Gasteiger partial charge < -0.3 is 55.6 Å². The van der Waals surface area contributed by atoms with Crippen molar-refractivity contribution in [2.24, 2.45) is 0 Å². The number of hydrogen-bond acceptors (Lipinski definition) is 12. The number of aliphatic hydroxyl groups is 6. The van der Waals surface area contributed by atoms with E-state index in [0.29, 0.717) is 6.61 Å². The van der Waals surface area contributed by atoms with Crippen LogP contribution in [-0.2, 0) is 27.2 Å². The maximum Gasteiger partial charge on any atom is 0.344 e. The van der Waals surface area contributed by atoms with Crippen LogP contribution >= 0.6 is 136 Å². The van der Waals surface area contributed by atoms with Gasteiger partial charge in [-0.15, -0.1) is 0 Å². The van der Waals surface area contributed by atoms with Crippen LogP contribution in [0.3, 0.4) is 0 Å². The quantitative estimate of drug-likeness (QED) is 0.0305. The average Bonchev–Trinajstić information content (AvgIpc) is 3.23. The Morgan fingerprint density at radius 1 is 0.613 bits per heavy atom. The normalized spacial score (nSPS) is 12.5. The first kappa shape index (κ1) is 60.3. The van der Waals surface area contributed by atoms with E-state index < -0.39 is 55.9 Å². The van der Waals surface area contributed by atoms with E-state index in [-0.39, 0.29) is 59.7 Å². The number of halogens is 6.